The highest BCUT2D eigenvalue weighted by Crippen LogP contribution is 2.40. The second-order valence-corrected chi connectivity index (χ2v) is 8.72. The first-order chi connectivity index (χ1) is 13.9. The van der Waals surface area contributed by atoms with Gasteiger partial charge in [0.1, 0.15) is 22.1 Å². The third kappa shape index (κ3) is 3.76. The van der Waals surface area contributed by atoms with Gasteiger partial charge in [-0.1, -0.05) is 23.7 Å². The Morgan fingerprint density at radius 2 is 1.93 bits per heavy atom. The molecule has 0 radical (unpaired) electrons. The number of halogens is 1. The molecular weight excluding hydrogens is 414 g/mol. The lowest BCUT2D eigenvalue weighted by Gasteiger charge is -2.21. The Bertz CT molecular complexity index is 997. The van der Waals surface area contributed by atoms with Crippen molar-refractivity contribution in [2.75, 3.05) is 30.9 Å². The monoisotopic (exact) mass is 435 g/mol. The first-order valence-electron chi connectivity index (χ1n) is 9.23. The molecule has 10 heteroatoms. The van der Waals surface area contributed by atoms with E-state index >= 15 is 0 Å². The van der Waals surface area contributed by atoms with Crippen LogP contribution in [0, 0.1) is 5.92 Å². The van der Waals surface area contributed by atoms with Crippen molar-refractivity contribution in [1.29, 1.82) is 0 Å². The van der Waals surface area contributed by atoms with Crippen molar-refractivity contribution >= 4 is 44.9 Å². The summed E-state index contributed by atoms with van der Waals surface area (Å²) >= 11 is 8.02. The molecule has 2 heterocycles. The lowest BCUT2D eigenvalue weighted by atomic mass is 10.1. The smallest absolute Gasteiger partial charge is 0.228 e. The number of aromatic nitrogens is 3. The molecule has 0 aliphatic heterocycles. The van der Waals surface area contributed by atoms with Gasteiger partial charge < -0.3 is 25.5 Å². The molecule has 0 amide bonds. The maximum atomic E-state index is 10.4. The quantitative estimate of drug-likeness (QED) is 0.450. The Balaban J connectivity index is 1.79. The van der Waals surface area contributed by atoms with Crippen LogP contribution in [0.4, 0.5) is 11.8 Å². The van der Waals surface area contributed by atoms with E-state index in [1.54, 1.807) is 4.90 Å². The summed E-state index contributed by atoms with van der Waals surface area (Å²) in [6.45, 7) is -0.200. The molecule has 1 fully saturated rings. The van der Waals surface area contributed by atoms with Crippen molar-refractivity contribution in [2.24, 2.45) is 5.92 Å². The van der Waals surface area contributed by atoms with Crippen LogP contribution in [0.25, 0.3) is 20.8 Å². The number of rotatable bonds is 5. The molecule has 29 heavy (non-hydrogen) atoms. The maximum Gasteiger partial charge on any atom is 0.228 e. The van der Waals surface area contributed by atoms with E-state index in [-0.39, 0.29) is 11.8 Å². The number of anilines is 2. The third-order valence-corrected chi connectivity index (χ3v) is 6.45. The van der Waals surface area contributed by atoms with Gasteiger partial charge in [-0.3, -0.25) is 0 Å². The number of aliphatic hydroxyl groups is 3. The minimum Gasteiger partial charge on any atom is -0.396 e. The van der Waals surface area contributed by atoms with Crippen molar-refractivity contribution in [3.63, 3.8) is 0 Å². The number of hydrogen-bond acceptors (Lipinski definition) is 9. The van der Waals surface area contributed by atoms with Crippen LogP contribution in [-0.4, -0.2) is 69.2 Å². The number of para-hydroxylation sites is 1. The molecule has 4 rings (SSSR count). The first kappa shape index (κ1) is 20.2. The second-order valence-electron chi connectivity index (χ2n) is 7.33. The summed E-state index contributed by atoms with van der Waals surface area (Å²) in [6, 6.07) is 7.28. The van der Waals surface area contributed by atoms with Crippen LogP contribution in [-0.2, 0) is 0 Å². The topological polar surface area (TPSA) is 115 Å². The summed E-state index contributed by atoms with van der Waals surface area (Å²) in [6.07, 6.45) is -1.64. The summed E-state index contributed by atoms with van der Waals surface area (Å²) < 4.78 is 1.01. The lowest BCUT2D eigenvalue weighted by Crippen LogP contribution is -2.35. The highest BCUT2D eigenvalue weighted by Gasteiger charge is 2.41. The summed E-state index contributed by atoms with van der Waals surface area (Å²) in [4.78, 5) is 15.4. The van der Waals surface area contributed by atoms with Gasteiger partial charge in [-0.15, -0.1) is 11.3 Å². The fraction of sp³-hybridized carbons (Fsp3) is 0.421. The van der Waals surface area contributed by atoms with Crippen molar-refractivity contribution in [3.8, 4) is 10.6 Å². The molecule has 1 aliphatic rings. The van der Waals surface area contributed by atoms with Gasteiger partial charge in [-0.05, 0) is 18.6 Å². The van der Waals surface area contributed by atoms with Gasteiger partial charge in [0.2, 0.25) is 5.95 Å². The molecule has 0 saturated heterocycles. The van der Waals surface area contributed by atoms with Gasteiger partial charge in [-0.25, -0.2) is 9.97 Å². The Hall–Kier alpha value is -2.04. The van der Waals surface area contributed by atoms with Crippen molar-refractivity contribution in [3.05, 3.63) is 29.4 Å². The van der Waals surface area contributed by atoms with Crippen molar-refractivity contribution in [2.45, 2.75) is 24.7 Å². The van der Waals surface area contributed by atoms with Crippen LogP contribution >= 0.6 is 22.9 Å². The molecule has 1 aliphatic carbocycles. The van der Waals surface area contributed by atoms with Gasteiger partial charge in [-0.2, -0.15) is 4.98 Å². The lowest BCUT2D eigenvalue weighted by molar-refractivity contribution is 0.00446. The maximum absolute atomic E-state index is 10.4. The van der Waals surface area contributed by atoms with E-state index in [4.69, 9.17) is 11.6 Å². The van der Waals surface area contributed by atoms with Crippen LogP contribution < -0.4 is 10.2 Å². The van der Waals surface area contributed by atoms with Gasteiger partial charge in [0.25, 0.3) is 0 Å². The highest BCUT2D eigenvalue weighted by atomic mass is 35.5. The SMILES string of the molecule is CN(C)c1nc(Cl)c(-c2nc3ccccc3s2)c(N[C@@H]2C[C@H](CO)[C@@H](O)[C@H]2O)n1. The Morgan fingerprint density at radius 1 is 1.17 bits per heavy atom. The predicted octanol–water partition coefficient (Wildman–Crippen LogP) is 1.99. The van der Waals surface area contributed by atoms with E-state index in [1.165, 1.54) is 11.3 Å². The van der Waals surface area contributed by atoms with Gasteiger partial charge in [0.15, 0.2) is 0 Å². The molecule has 154 valence electrons. The zero-order valence-corrected chi connectivity index (χ0v) is 17.5. The van der Waals surface area contributed by atoms with E-state index in [1.807, 2.05) is 38.4 Å². The molecule has 1 aromatic carbocycles. The number of aliphatic hydroxyl groups excluding tert-OH is 3. The third-order valence-electron chi connectivity index (χ3n) is 5.12. The predicted molar refractivity (Wildman–Crippen MR) is 115 cm³/mol. The van der Waals surface area contributed by atoms with E-state index in [9.17, 15) is 15.3 Å². The minimum atomic E-state index is -1.04. The summed E-state index contributed by atoms with van der Waals surface area (Å²) in [5.74, 6) is 0.440. The fourth-order valence-corrected chi connectivity index (χ4v) is 4.84. The zero-order chi connectivity index (χ0) is 20.7. The molecule has 0 spiro atoms. The van der Waals surface area contributed by atoms with E-state index in [2.05, 4.69) is 20.3 Å². The molecule has 3 aromatic rings. The largest absolute Gasteiger partial charge is 0.396 e. The van der Waals surface area contributed by atoms with Crippen molar-refractivity contribution < 1.29 is 15.3 Å². The number of nitrogens with zero attached hydrogens (tertiary/aromatic N) is 4. The number of benzene rings is 1. The van der Waals surface area contributed by atoms with E-state index in [0.717, 1.165) is 10.2 Å². The van der Waals surface area contributed by atoms with Crippen LogP contribution in [0.3, 0.4) is 0 Å². The fourth-order valence-electron chi connectivity index (χ4n) is 3.52. The zero-order valence-electron chi connectivity index (χ0n) is 15.9. The molecule has 1 saturated carbocycles. The average molecular weight is 436 g/mol. The van der Waals surface area contributed by atoms with E-state index < -0.39 is 24.2 Å². The highest BCUT2D eigenvalue weighted by molar-refractivity contribution is 7.21. The van der Waals surface area contributed by atoms with E-state index in [0.29, 0.717) is 28.8 Å². The Kier molecular flexibility index (Phi) is 5.58. The van der Waals surface area contributed by atoms with Crippen LogP contribution in [0.1, 0.15) is 6.42 Å². The summed E-state index contributed by atoms with van der Waals surface area (Å²) in [5.41, 5.74) is 1.40. The molecule has 4 N–H and O–H groups in total. The Labute approximate surface area is 176 Å². The molecular formula is C19H22ClN5O3S. The van der Waals surface area contributed by atoms with Crippen LogP contribution in [0.15, 0.2) is 24.3 Å². The number of thiazole rings is 1. The number of hydrogen-bond donors (Lipinski definition) is 4. The van der Waals surface area contributed by atoms with Gasteiger partial charge in [0, 0.05) is 26.6 Å². The Morgan fingerprint density at radius 3 is 2.59 bits per heavy atom. The van der Waals surface area contributed by atoms with Crippen LogP contribution in [0.5, 0.6) is 0 Å². The first-order valence-corrected chi connectivity index (χ1v) is 10.4. The molecule has 2 aromatic heterocycles. The standard InChI is InChI=1S/C19H22ClN5O3S/c1-25(2)19-23-16(20)13(18-22-10-5-3-4-6-12(10)29-18)17(24-19)21-11-7-9(8-26)14(27)15(11)28/h3-6,9,11,14-15,26-28H,7-8H2,1-2H3,(H,21,23,24)/t9-,11-,14-,15+/m1/s1. The van der Waals surface area contributed by atoms with Crippen LogP contribution in [0.2, 0.25) is 5.15 Å². The summed E-state index contributed by atoms with van der Waals surface area (Å²) in [5, 5.41) is 34.2. The molecule has 4 atom stereocenters. The number of fused-ring (bicyclic) bond motifs is 1. The molecule has 0 bridgehead atoms. The normalized spacial score (nSPS) is 24.2. The molecule has 0 unspecified atom stereocenters. The average Bonchev–Trinajstić information content (AvgIpc) is 3.23. The molecule has 8 nitrogen and oxygen atoms in total. The van der Waals surface area contributed by atoms with Gasteiger partial charge in [0.05, 0.1) is 27.9 Å². The summed E-state index contributed by atoms with van der Waals surface area (Å²) in [7, 11) is 3.62. The van der Waals surface area contributed by atoms with Crippen molar-refractivity contribution in [1.82, 2.24) is 15.0 Å². The number of nitrogens with one attached hydrogen (secondary N) is 1. The minimum absolute atomic E-state index is 0.200. The van der Waals surface area contributed by atoms with Gasteiger partial charge >= 0.3 is 0 Å². The second kappa shape index (κ2) is 8.00.